The molecule has 0 saturated carbocycles. The third kappa shape index (κ3) is 3.09. The molecular formula is C16H11BrClNO. The summed E-state index contributed by atoms with van der Waals surface area (Å²) in [4.78, 5) is 12.5. The van der Waals surface area contributed by atoms with Crippen molar-refractivity contribution in [2.45, 2.75) is 12.8 Å². The maximum absolute atomic E-state index is 12.5. The Morgan fingerprint density at radius 1 is 1.30 bits per heavy atom. The van der Waals surface area contributed by atoms with Crippen LogP contribution in [0.3, 0.4) is 0 Å². The van der Waals surface area contributed by atoms with Gasteiger partial charge in [-0.2, -0.15) is 5.26 Å². The van der Waals surface area contributed by atoms with Crippen LogP contribution in [0.2, 0.25) is 5.02 Å². The minimum absolute atomic E-state index is 0.245. The Morgan fingerprint density at radius 2 is 2.00 bits per heavy atom. The molecule has 0 aliphatic rings. The molecule has 0 radical (unpaired) electrons. The first-order valence-corrected chi connectivity index (χ1v) is 7.15. The summed E-state index contributed by atoms with van der Waals surface area (Å²) in [5.41, 5.74) is 2.01. The van der Waals surface area contributed by atoms with E-state index in [-0.39, 0.29) is 5.78 Å². The van der Waals surface area contributed by atoms with Crippen molar-refractivity contribution >= 4 is 33.3 Å². The summed E-state index contributed by atoms with van der Waals surface area (Å²) in [6, 6.07) is 14.4. The predicted molar refractivity (Wildman–Crippen MR) is 83.0 cm³/mol. The van der Waals surface area contributed by atoms with Gasteiger partial charge in [0.15, 0.2) is 5.78 Å². The van der Waals surface area contributed by atoms with E-state index in [1.807, 2.05) is 19.1 Å². The number of nitrogens with zero attached hydrogens (tertiary/aromatic N) is 1. The fourth-order valence-corrected chi connectivity index (χ4v) is 2.83. The van der Waals surface area contributed by atoms with Crippen molar-refractivity contribution in [2.24, 2.45) is 0 Å². The lowest BCUT2D eigenvalue weighted by atomic mass is 9.91. The highest BCUT2D eigenvalue weighted by Crippen LogP contribution is 2.28. The number of hydrogen-bond acceptors (Lipinski definition) is 2. The van der Waals surface area contributed by atoms with Gasteiger partial charge in [-0.15, -0.1) is 0 Å². The summed E-state index contributed by atoms with van der Waals surface area (Å²) in [5, 5.41) is 9.85. The molecule has 0 bridgehead atoms. The van der Waals surface area contributed by atoms with Gasteiger partial charge in [0.25, 0.3) is 0 Å². The molecule has 0 saturated heterocycles. The molecule has 1 unspecified atom stereocenters. The fraction of sp³-hybridized carbons (Fsp3) is 0.125. The highest BCUT2D eigenvalue weighted by Gasteiger charge is 2.23. The van der Waals surface area contributed by atoms with Crippen LogP contribution in [0.15, 0.2) is 46.9 Å². The monoisotopic (exact) mass is 347 g/mol. The van der Waals surface area contributed by atoms with Crippen LogP contribution >= 0.6 is 27.5 Å². The third-order valence-corrected chi connectivity index (χ3v) is 3.87. The minimum Gasteiger partial charge on any atom is -0.292 e. The van der Waals surface area contributed by atoms with Crippen LogP contribution < -0.4 is 0 Å². The normalized spacial score (nSPS) is 11.7. The number of halogens is 2. The Kier molecular flexibility index (Phi) is 4.59. The lowest BCUT2D eigenvalue weighted by Gasteiger charge is -2.11. The third-order valence-electron chi connectivity index (χ3n) is 2.93. The molecule has 0 aromatic heterocycles. The topological polar surface area (TPSA) is 40.9 Å². The Labute approximate surface area is 131 Å². The van der Waals surface area contributed by atoms with Crippen molar-refractivity contribution in [3.05, 3.63) is 68.7 Å². The number of ketones is 1. The van der Waals surface area contributed by atoms with Gasteiger partial charge in [-0.05, 0) is 42.3 Å². The standard InChI is InChI=1S/C16H11BrClNO/c1-10-6-11(8-12(18)7-10)16(20)14(9-19)13-4-2-3-5-15(13)17/h2-8,14H,1H3. The van der Waals surface area contributed by atoms with E-state index in [4.69, 9.17) is 11.6 Å². The van der Waals surface area contributed by atoms with E-state index < -0.39 is 5.92 Å². The number of carbonyl (C=O) groups is 1. The number of benzene rings is 2. The number of aryl methyl sites for hydroxylation is 1. The molecule has 1 atom stereocenters. The summed E-state index contributed by atoms with van der Waals surface area (Å²) in [6.45, 7) is 1.86. The van der Waals surface area contributed by atoms with Gasteiger partial charge in [0.1, 0.15) is 5.92 Å². The quantitative estimate of drug-likeness (QED) is 0.740. The molecular weight excluding hydrogens is 338 g/mol. The zero-order valence-corrected chi connectivity index (χ0v) is 13.1. The van der Waals surface area contributed by atoms with Crippen molar-refractivity contribution in [1.82, 2.24) is 0 Å². The van der Waals surface area contributed by atoms with Crippen molar-refractivity contribution in [1.29, 1.82) is 5.26 Å². The van der Waals surface area contributed by atoms with Gasteiger partial charge < -0.3 is 0 Å². The van der Waals surface area contributed by atoms with Crippen molar-refractivity contribution < 1.29 is 4.79 Å². The van der Waals surface area contributed by atoms with E-state index in [1.54, 1.807) is 30.3 Å². The molecule has 0 amide bonds. The maximum Gasteiger partial charge on any atom is 0.184 e. The second-order valence-corrected chi connectivity index (χ2v) is 5.76. The molecule has 2 rings (SSSR count). The van der Waals surface area contributed by atoms with Crippen LogP contribution in [-0.4, -0.2) is 5.78 Å². The first-order valence-electron chi connectivity index (χ1n) is 5.98. The minimum atomic E-state index is -0.844. The van der Waals surface area contributed by atoms with Gasteiger partial charge in [0, 0.05) is 15.1 Å². The molecule has 4 heteroatoms. The molecule has 0 aliphatic carbocycles. The molecule has 2 aromatic carbocycles. The zero-order valence-electron chi connectivity index (χ0n) is 10.7. The average molecular weight is 349 g/mol. The summed E-state index contributed by atoms with van der Waals surface area (Å²) in [7, 11) is 0. The van der Waals surface area contributed by atoms with E-state index in [0.29, 0.717) is 16.1 Å². The molecule has 100 valence electrons. The highest BCUT2D eigenvalue weighted by atomic mass is 79.9. The smallest absolute Gasteiger partial charge is 0.184 e. The van der Waals surface area contributed by atoms with Gasteiger partial charge in [0.2, 0.25) is 0 Å². The number of hydrogen-bond donors (Lipinski definition) is 0. The second-order valence-electron chi connectivity index (χ2n) is 4.47. The van der Waals surface area contributed by atoms with E-state index >= 15 is 0 Å². The lowest BCUT2D eigenvalue weighted by molar-refractivity contribution is 0.0978. The summed E-state index contributed by atoms with van der Waals surface area (Å²) >= 11 is 9.35. The van der Waals surface area contributed by atoms with E-state index in [0.717, 1.165) is 10.0 Å². The van der Waals surface area contributed by atoms with E-state index in [9.17, 15) is 10.1 Å². The number of nitriles is 1. The van der Waals surface area contributed by atoms with Crippen LogP contribution in [0.5, 0.6) is 0 Å². The molecule has 0 N–H and O–H groups in total. The molecule has 0 heterocycles. The van der Waals surface area contributed by atoms with Crippen molar-refractivity contribution in [3.8, 4) is 6.07 Å². The van der Waals surface area contributed by atoms with Crippen LogP contribution in [0, 0.1) is 18.3 Å². The first-order chi connectivity index (χ1) is 9.52. The Morgan fingerprint density at radius 3 is 2.60 bits per heavy atom. The molecule has 0 aliphatic heterocycles. The van der Waals surface area contributed by atoms with Gasteiger partial charge in [0.05, 0.1) is 6.07 Å². The predicted octanol–water partition coefficient (Wildman–Crippen LogP) is 4.90. The van der Waals surface area contributed by atoms with E-state index in [1.165, 1.54) is 0 Å². The summed E-state index contributed by atoms with van der Waals surface area (Å²) in [6.07, 6.45) is 0. The van der Waals surface area contributed by atoms with Crippen molar-refractivity contribution in [3.63, 3.8) is 0 Å². The van der Waals surface area contributed by atoms with Gasteiger partial charge in [-0.25, -0.2) is 0 Å². The maximum atomic E-state index is 12.5. The number of rotatable bonds is 3. The molecule has 2 nitrogen and oxygen atoms in total. The zero-order chi connectivity index (χ0) is 14.7. The Hall–Kier alpha value is -1.63. The van der Waals surface area contributed by atoms with Crippen LogP contribution in [0.4, 0.5) is 0 Å². The summed E-state index contributed by atoms with van der Waals surface area (Å²) < 4.78 is 0.749. The molecule has 20 heavy (non-hydrogen) atoms. The second kappa shape index (κ2) is 6.21. The summed E-state index contributed by atoms with van der Waals surface area (Å²) in [5.74, 6) is -1.09. The average Bonchev–Trinajstić information content (AvgIpc) is 2.40. The van der Waals surface area contributed by atoms with Crippen LogP contribution in [0.1, 0.15) is 27.4 Å². The van der Waals surface area contributed by atoms with Crippen LogP contribution in [0.25, 0.3) is 0 Å². The number of Topliss-reactive ketones (excluding diaryl/α,β-unsaturated/α-hetero) is 1. The SMILES string of the molecule is Cc1cc(Cl)cc(C(=O)C(C#N)c2ccccc2Br)c1. The van der Waals surface area contributed by atoms with Crippen molar-refractivity contribution in [2.75, 3.05) is 0 Å². The van der Waals surface area contributed by atoms with E-state index in [2.05, 4.69) is 22.0 Å². The molecule has 0 spiro atoms. The van der Waals surface area contributed by atoms with Gasteiger partial charge in [-0.3, -0.25) is 4.79 Å². The Bertz CT molecular complexity index is 686. The first kappa shape index (κ1) is 14.8. The lowest BCUT2D eigenvalue weighted by Crippen LogP contribution is -2.12. The van der Waals surface area contributed by atoms with Gasteiger partial charge >= 0.3 is 0 Å². The highest BCUT2D eigenvalue weighted by molar-refractivity contribution is 9.10. The van der Waals surface area contributed by atoms with Gasteiger partial charge in [-0.1, -0.05) is 45.7 Å². The molecule has 2 aromatic rings. The molecule has 0 fully saturated rings. The number of carbonyl (C=O) groups excluding carboxylic acids is 1. The Balaban J connectivity index is 2.45. The van der Waals surface area contributed by atoms with Crippen LogP contribution in [-0.2, 0) is 0 Å². The fourth-order valence-electron chi connectivity index (χ4n) is 2.02. The largest absolute Gasteiger partial charge is 0.292 e.